The third kappa shape index (κ3) is 3.15. The van der Waals surface area contributed by atoms with Gasteiger partial charge in [0.05, 0.1) is 17.9 Å². The van der Waals surface area contributed by atoms with E-state index in [9.17, 15) is 0 Å². The van der Waals surface area contributed by atoms with Gasteiger partial charge in [-0.25, -0.2) is 0 Å². The Hall–Kier alpha value is -1.37. The second kappa shape index (κ2) is 6.18. The number of aromatic nitrogens is 2. The van der Waals surface area contributed by atoms with E-state index in [1.54, 1.807) is 6.07 Å². The predicted octanol–water partition coefficient (Wildman–Crippen LogP) is 2.32. The number of rotatable bonds is 6. The summed E-state index contributed by atoms with van der Waals surface area (Å²) in [7, 11) is 0. The zero-order valence-corrected chi connectivity index (χ0v) is 11.7. The molecule has 2 rings (SSSR count). The van der Waals surface area contributed by atoms with E-state index in [4.69, 9.17) is 26.3 Å². The van der Waals surface area contributed by atoms with E-state index in [0.29, 0.717) is 23.8 Å². The standard InChI is InChI=1S/C12H17ClN4O2/c1-3-17(4-2)7-9(14)11-15-12(19-16-11)8-5-6-18-10(8)13/h5-6,9H,3-4,7,14H2,1-2H3. The molecule has 2 aromatic rings. The molecule has 0 aromatic carbocycles. The summed E-state index contributed by atoms with van der Waals surface area (Å²) in [6.07, 6.45) is 1.47. The highest BCUT2D eigenvalue weighted by Crippen LogP contribution is 2.27. The molecule has 1 unspecified atom stereocenters. The van der Waals surface area contributed by atoms with Gasteiger partial charge in [-0.05, 0) is 30.8 Å². The minimum Gasteiger partial charge on any atom is -0.452 e. The minimum atomic E-state index is -0.289. The molecule has 0 radical (unpaired) electrons. The average molecular weight is 285 g/mol. The van der Waals surface area contributed by atoms with Crippen molar-refractivity contribution in [2.24, 2.45) is 5.73 Å². The summed E-state index contributed by atoms with van der Waals surface area (Å²) in [5.41, 5.74) is 6.65. The highest BCUT2D eigenvalue weighted by atomic mass is 35.5. The summed E-state index contributed by atoms with van der Waals surface area (Å²) >= 11 is 5.86. The van der Waals surface area contributed by atoms with Gasteiger partial charge in [0, 0.05) is 6.54 Å². The van der Waals surface area contributed by atoms with Crippen LogP contribution in [0.4, 0.5) is 0 Å². The number of nitrogens with two attached hydrogens (primary N) is 1. The van der Waals surface area contributed by atoms with Crippen LogP contribution in [0.2, 0.25) is 5.22 Å². The van der Waals surface area contributed by atoms with Gasteiger partial charge >= 0.3 is 0 Å². The van der Waals surface area contributed by atoms with Gasteiger partial charge in [-0.3, -0.25) is 0 Å². The molecule has 6 nitrogen and oxygen atoms in total. The number of likely N-dealkylation sites (N-methyl/N-ethyl adjacent to an activating group) is 1. The fourth-order valence-corrected chi connectivity index (χ4v) is 1.98. The first-order valence-electron chi connectivity index (χ1n) is 6.20. The molecule has 0 fully saturated rings. The van der Waals surface area contributed by atoms with E-state index in [0.717, 1.165) is 13.1 Å². The van der Waals surface area contributed by atoms with Crippen LogP contribution in [-0.2, 0) is 0 Å². The summed E-state index contributed by atoms with van der Waals surface area (Å²) in [5.74, 6) is 0.794. The molecule has 0 spiro atoms. The molecule has 104 valence electrons. The van der Waals surface area contributed by atoms with E-state index < -0.39 is 0 Å². The number of halogens is 1. The molecule has 0 aliphatic heterocycles. The van der Waals surface area contributed by atoms with Crippen molar-refractivity contribution in [3.05, 3.63) is 23.4 Å². The lowest BCUT2D eigenvalue weighted by molar-refractivity contribution is 0.278. The van der Waals surface area contributed by atoms with Gasteiger partial charge in [-0.1, -0.05) is 19.0 Å². The molecule has 2 heterocycles. The largest absolute Gasteiger partial charge is 0.452 e. The molecule has 0 saturated heterocycles. The van der Waals surface area contributed by atoms with E-state index in [1.165, 1.54) is 6.26 Å². The average Bonchev–Trinajstić information content (AvgIpc) is 3.03. The number of hydrogen-bond acceptors (Lipinski definition) is 6. The number of nitrogens with zero attached hydrogens (tertiary/aromatic N) is 3. The van der Waals surface area contributed by atoms with E-state index >= 15 is 0 Å². The Kier molecular flexibility index (Phi) is 4.57. The first-order valence-corrected chi connectivity index (χ1v) is 6.58. The molecule has 0 aliphatic carbocycles. The van der Waals surface area contributed by atoms with Crippen molar-refractivity contribution in [2.75, 3.05) is 19.6 Å². The van der Waals surface area contributed by atoms with Gasteiger partial charge < -0.3 is 19.6 Å². The maximum atomic E-state index is 6.07. The van der Waals surface area contributed by atoms with Crippen LogP contribution in [0.3, 0.4) is 0 Å². The topological polar surface area (TPSA) is 81.3 Å². The molecule has 0 bridgehead atoms. The van der Waals surface area contributed by atoms with Crippen LogP contribution in [-0.4, -0.2) is 34.7 Å². The molecule has 1 atom stereocenters. The Labute approximate surface area is 116 Å². The minimum absolute atomic E-state index is 0.229. The molecule has 0 amide bonds. The van der Waals surface area contributed by atoms with E-state index in [1.807, 2.05) is 0 Å². The zero-order chi connectivity index (χ0) is 13.8. The summed E-state index contributed by atoms with van der Waals surface area (Å²) in [5, 5.41) is 4.13. The maximum absolute atomic E-state index is 6.07. The Morgan fingerprint density at radius 2 is 2.16 bits per heavy atom. The summed E-state index contributed by atoms with van der Waals surface area (Å²) in [6.45, 7) is 6.72. The SMILES string of the molecule is CCN(CC)CC(N)c1noc(-c2ccoc2Cl)n1. The quantitative estimate of drug-likeness (QED) is 0.877. The Balaban J connectivity index is 2.11. The Morgan fingerprint density at radius 1 is 1.42 bits per heavy atom. The molecular formula is C12H17ClN4O2. The van der Waals surface area contributed by atoms with Gasteiger partial charge in [0.15, 0.2) is 5.82 Å². The van der Waals surface area contributed by atoms with Gasteiger partial charge in [-0.2, -0.15) is 4.98 Å². The Morgan fingerprint density at radius 3 is 2.74 bits per heavy atom. The van der Waals surface area contributed by atoms with Crippen LogP contribution < -0.4 is 5.73 Å². The number of hydrogen-bond donors (Lipinski definition) is 1. The molecule has 0 aliphatic rings. The third-order valence-electron chi connectivity index (χ3n) is 2.97. The van der Waals surface area contributed by atoms with Crippen LogP contribution in [0.1, 0.15) is 25.7 Å². The summed E-state index contributed by atoms with van der Waals surface area (Å²) in [4.78, 5) is 6.46. The molecule has 0 saturated carbocycles. The Bertz CT molecular complexity index is 521. The van der Waals surface area contributed by atoms with Gasteiger partial charge in [-0.15, -0.1) is 0 Å². The summed E-state index contributed by atoms with van der Waals surface area (Å²) in [6, 6.07) is 1.39. The first kappa shape index (κ1) is 14.0. The van der Waals surface area contributed by atoms with Gasteiger partial charge in [0.1, 0.15) is 0 Å². The normalized spacial score (nSPS) is 13.1. The van der Waals surface area contributed by atoms with E-state index in [2.05, 4.69) is 28.9 Å². The van der Waals surface area contributed by atoms with Gasteiger partial charge in [0.2, 0.25) is 5.22 Å². The van der Waals surface area contributed by atoms with Gasteiger partial charge in [0.25, 0.3) is 5.89 Å². The third-order valence-corrected chi connectivity index (χ3v) is 3.26. The molecule has 7 heteroatoms. The lowest BCUT2D eigenvalue weighted by Crippen LogP contribution is -2.32. The fourth-order valence-electron chi connectivity index (χ4n) is 1.78. The van der Waals surface area contributed by atoms with Crippen molar-refractivity contribution in [2.45, 2.75) is 19.9 Å². The molecular weight excluding hydrogens is 268 g/mol. The molecule has 2 N–H and O–H groups in total. The fraction of sp³-hybridized carbons (Fsp3) is 0.500. The van der Waals surface area contributed by atoms with Crippen LogP contribution in [0.25, 0.3) is 11.5 Å². The highest BCUT2D eigenvalue weighted by molar-refractivity contribution is 6.31. The van der Waals surface area contributed by atoms with Crippen LogP contribution >= 0.6 is 11.6 Å². The van der Waals surface area contributed by atoms with Crippen LogP contribution in [0.15, 0.2) is 21.3 Å². The first-order chi connectivity index (χ1) is 9.15. The second-order valence-corrected chi connectivity index (χ2v) is 4.50. The van der Waals surface area contributed by atoms with Crippen molar-refractivity contribution in [3.63, 3.8) is 0 Å². The van der Waals surface area contributed by atoms with Crippen molar-refractivity contribution in [1.29, 1.82) is 0 Å². The number of furan rings is 1. The lowest BCUT2D eigenvalue weighted by Gasteiger charge is -2.20. The van der Waals surface area contributed by atoms with Crippen LogP contribution in [0.5, 0.6) is 0 Å². The van der Waals surface area contributed by atoms with Crippen molar-refractivity contribution in [1.82, 2.24) is 15.0 Å². The monoisotopic (exact) mass is 284 g/mol. The van der Waals surface area contributed by atoms with Crippen molar-refractivity contribution < 1.29 is 8.94 Å². The maximum Gasteiger partial charge on any atom is 0.262 e. The predicted molar refractivity (Wildman–Crippen MR) is 71.7 cm³/mol. The van der Waals surface area contributed by atoms with Crippen molar-refractivity contribution in [3.8, 4) is 11.5 Å². The smallest absolute Gasteiger partial charge is 0.262 e. The summed E-state index contributed by atoms with van der Waals surface area (Å²) < 4.78 is 10.1. The zero-order valence-electron chi connectivity index (χ0n) is 11.0. The molecule has 19 heavy (non-hydrogen) atoms. The lowest BCUT2D eigenvalue weighted by atomic mass is 10.2. The molecule has 2 aromatic heterocycles. The second-order valence-electron chi connectivity index (χ2n) is 4.16. The highest BCUT2D eigenvalue weighted by Gasteiger charge is 2.19. The van der Waals surface area contributed by atoms with Crippen molar-refractivity contribution >= 4 is 11.6 Å². The van der Waals surface area contributed by atoms with Crippen LogP contribution in [0, 0.1) is 0 Å². The van der Waals surface area contributed by atoms with E-state index in [-0.39, 0.29) is 11.3 Å².